The fourth-order valence-corrected chi connectivity index (χ4v) is 2.88. The van der Waals surface area contributed by atoms with Crippen LogP contribution in [0, 0.1) is 0 Å². The van der Waals surface area contributed by atoms with E-state index in [1.165, 1.54) is 0 Å². The van der Waals surface area contributed by atoms with Crippen molar-refractivity contribution in [1.82, 2.24) is 9.88 Å². The fourth-order valence-electron chi connectivity index (χ4n) is 2.88. The highest BCUT2D eigenvalue weighted by Gasteiger charge is 2.21. The Morgan fingerprint density at radius 3 is 2.23 bits per heavy atom. The summed E-state index contributed by atoms with van der Waals surface area (Å²) in [4.78, 5) is 30.6. The summed E-state index contributed by atoms with van der Waals surface area (Å²) >= 11 is 0. The summed E-state index contributed by atoms with van der Waals surface area (Å²) in [5, 5.41) is 9.55. The molecule has 1 aromatic heterocycles. The average Bonchev–Trinajstić information content (AvgIpc) is 2.58. The Balaban J connectivity index is 2.47. The number of anilines is 1. The maximum atomic E-state index is 12.1. The van der Waals surface area contributed by atoms with Gasteiger partial charge in [0.1, 0.15) is 5.56 Å². The lowest BCUT2D eigenvalue weighted by molar-refractivity contribution is 0.0695. The Morgan fingerprint density at radius 1 is 1.12 bits per heavy atom. The molecule has 0 saturated carbocycles. The predicted octanol–water partition coefficient (Wildman–Crippen LogP) is 2.86. The number of rotatable bonds is 7. The van der Waals surface area contributed by atoms with E-state index in [9.17, 15) is 14.7 Å². The number of nitrogens with one attached hydrogen (secondary N) is 1. The molecule has 26 heavy (non-hydrogen) atoms. The van der Waals surface area contributed by atoms with Gasteiger partial charge in [0.2, 0.25) is 0 Å². The highest BCUT2D eigenvalue weighted by molar-refractivity contribution is 5.96. The molecule has 0 bridgehead atoms. The van der Waals surface area contributed by atoms with Gasteiger partial charge in [0, 0.05) is 37.6 Å². The van der Waals surface area contributed by atoms with Crippen molar-refractivity contribution in [3.63, 3.8) is 0 Å². The summed E-state index contributed by atoms with van der Waals surface area (Å²) < 4.78 is 0. The van der Waals surface area contributed by atoms with Gasteiger partial charge in [-0.25, -0.2) is 4.79 Å². The van der Waals surface area contributed by atoms with Crippen molar-refractivity contribution in [3.8, 4) is 11.1 Å². The molecule has 0 spiro atoms. The van der Waals surface area contributed by atoms with Crippen molar-refractivity contribution in [1.29, 1.82) is 0 Å². The zero-order valence-corrected chi connectivity index (χ0v) is 16.0. The SMILES string of the molecule is CC(C)c1c[nH]c(=O)c(C(=O)O)c1-c1ccc(N(C)CCN(C)C)cc1. The average molecular weight is 357 g/mol. The highest BCUT2D eigenvalue weighted by atomic mass is 16.4. The zero-order chi connectivity index (χ0) is 19.4. The van der Waals surface area contributed by atoms with Gasteiger partial charge in [-0.3, -0.25) is 4.79 Å². The number of aromatic nitrogens is 1. The molecule has 0 aliphatic heterocycles. The minimum Gasteiger partial charge on any atom is -0.477 e. The zero-order valence-electron chi connectivity index (χ0n) is 16.0. The van der Waals surface area contributed by atoms with Gasteiger partial charge in [-0.2, -0.15) is 0 Å². The molecular weight excluding hydrogens is 330 g/mol. The summed E-state index contributed by atoms with van der Waals surface area (Å²) in [6, 6.07) is 7.69. The third-order valence-electron chi connectivity index (χ3n) is 4.44. The van der Waals surface area contributed by atoms with Crippen LogP contribution in [0.4, 0.5) is 5.69 Å². The Hall–Kier alpha value is -2.60. The molecule has 0 unspecified atom stereocenters. The van der Waals surface area contributed by atoms with Crippen molar-refractivity contribution in [2.75, 3.05) is 39.1 Å². The second-order valence-corrected chi connectivity index (χ2v) is 7.05. The maximum Gasteiger partial charge on any atom is 0.341 e. The molecule has 0 aliphatic rings. The molecule has 0 atom stereocenters. The van der Waals surface area contributed by atoms with Crippen LogP contribution in [0.25, 0.3) is 11.1 Å². The number of hydrogen-bond acceptors (Lipinski definition) is 4. The Kier molecular flexibility index (Phi) is 6.21. The number of benzene rings is 1. The van der Waals surface area contributed by atoms with E-state index in [-0.39, 0.29) is 11.5 Å². The molecule has 0 fully saturated rings. The van der Waals surface area contributed by atoms with Gasteiger partial charge < -0.3 is 19.9 Å². The van der Waals surface area contributed by atoms with E-state index in [0.717, 1.165) is 29.9 Å². The molecule has 2 aromatic rings. The Labute approximate surface area is 154 Å². The number of nitrogens with zero attached hydrogens (tertiary/aromatic N) is 2. The van der Waals surface area contributed by atoms with E-state index in [4.69, 9.17) is 0 Å². The van der Waals surface area contributed by atoms with E-state index in [2.05, 4.69) is 14.8 Å². The molecule has 6 heteroatoms. The van der Waals surface area contributed by atoms with Gasteiger partial charge in [-0.1, -0.05) is 26.0 Å². The lowest BCUT2D eigenvalue weighted by atomic mass is 9.90. The standard InChI is InChI=1S/C20H27N3O3/c1-13(2)16-12-21-19(24)18(20(25)26)17(16)14-6-8-15(9-7-14)23(5)11-10-22(3)4/h6-9,12-13H,10-11H2,1-5H3,(H,21,24)(H,25,26). The highest BCUT2D eigenvalue weighted by Crippen LogP contribution is 2.31. The summed E-state index contributed by atoms with van der Waals surface area (Å²) in [5.74, 6) is -1.13. The number of aromatic carboxylic acids is 1. The molecule has 0 saturated heterocycles. The summed E-state index contributed by atoms with van der Waals surface area (Å²) in [5.41, 5.74) is 2.31. The van der Waals surface area contributed by atoms with Gasteiger partial charge in [0.15, 0.2) is 0 Å². The topological polar surface area (TPSA) is 76.6 Å². The van der Waals surface area contributed by atoms with Gasteiger partial charge in [-0.05, 0) is 43.3 Å². The molecule has 0 radical (unpaired) electrons. The monoisotopic (exact) mass is 357 g/mol. The first kappa shape index (κ1) is 19.7. The molecule has 2 rings (SSSR count). The fraction of sp³-hybridized carbons (Fsp3) is 0.400. The molecule has 1 aromatic carbocycles. The molecule has 0 amide bonds. The van der Waals surface area contributed by atoms with Crippen LogP contribution in [0.5, 0.6) is 0 Å². The smallest absolute Gasteiger partial charge is 0.341 e. The second kappa shape index (κ2) is 8.19. The minimum atomic E-state index is -1.21. The summed E-state index contributed by atoms with van der Waals surface area (Å²) in [6.45, 7) is 5.78. The van der Waals surface area contributed by atoms with Crippen molar-refractivity contribution < 1.29 is 9.90 Å². The van der Waals surface area contributed by atoms with Crippen LogP contribution in [0.3, 0.4) is 0 Å². The molecule has 0 aliphatic carbocycles. The van der Waals surface area contributed by atoms with Crippen molar-refractivity contribution in [3.05, 3.63) is 51.9 Å². The Bertz CT molecular complexity index is 823. The van der Waals surface area contributed by atoms with Gasteiger partial charge in [0.25, 0.3) is 5.56 Å². The van der Waals surface area contributed by atoms with E-state index in [1.54, 1.807) is 6.20 Å². The van der Waals surface area contributed by atoms with Crippen LogP contribution in [-0.4, -0.2) is 55.2 Å². The first-order valence-corrected chi connectivity index (χ1v) is 8.67. The molecule has 1 heterocycles. The largest absolute Gasteiger partial charge is 0.477 e. The number of likely N-dealkylation sites (N-methyl/N-ethyl adjacent to an activating group) is 2. The maximum absolute atomic E-state index is 12.1. The third-order valence-corrected chi connectivity index (χ3v) is 4.44. The molecule has 140 valence electrons. The van der Waals surface area contributed by atoms with Crippen LogP contribution in [0.2, 0.25) is 0 Å². The van der Waals surface area contributed by atoms with Crippen LogP contribution in [-0.2, 0) is 0 Å². The first-order valence-electron chi connectivity index (χ1n) is 8.67. The molecule has 2 N–H and O–H groups in total. The number of carboxylic acids is 1. The van der Waals surface area contributed by atoms with Crippen molar-refractivity contribution >= 4 is 11.7 Å². The lowest BCUT2D eigenvalue weighted by Crippen LogP contribution is -2.28. The van der Waals surface area contributed by atoms with Crippen molar-refractivity contribution in [2.45, 2.75) is 19.8 Å². The van der Waals surface area contributed by atoms with E-state index in [0.29, 0.717) is 5.56 Å². The summed E-state index contributed by atoms with van der Waals surface area (Å²) in [7, 11) is 6.09. The Morgan fingerprint density at radius 2 is 1.73 bits per heavy atom. The number of H-pyrrole nitrogens is 1. The summed E-state index contributed by atoms with van der Waals surface area (Å²) in [6.07, 6.45) is 1.62. The van der Waals surface area contributed by atoms with E-state index in [1.807, 2.05) is 59.3 Å². The predicted molar refractivity (Wildman–Crippen MR) is 105 cm³/mol. The van der Waals surface area contributed by atoms with Gasteiger partial charge >= 0.3 is 5.97 Å². The van der Waals surface area contributed by atoms with Crippen LogP contribution >= 0.6 is 0 Å². The minimum absolute atomic E-state index is 0.0855. The van der Waals surface area contributed by atoms with Crippen LogP contribution in [0.1, 0.15) is 35.7 Å². The van der Waals surface area contributed by atoms with Gasteiger partial charge in [-0.15, -0.1) is 0 Å². The molecule has 6 nitrogen and oxygen atoms in total. The van der Waals surface area contributed by atoms with Gasteiger partial charge in [0.05, 0.1) is 0 Å². The molecular formula is C20H27N3O3. The van der Waals surface area contributed by atoms with E-state index < -0.39 is 11.5 Å². The van der Waals surface area contributed by atoms with Crippen molar-refractivity contribution in [2.24, 2.45) is 0 Å². The quantitative estimate of drug-likeness (QED) is 0.797. The van der Waals surface area contributed by atoms with Crippen LogP contribution in [0.15, 0.2) is 35.3 Å². The second-order valence-electron chi connectivity index (χ2n) is 7.05. The van der Waals surface area contributed by atoms with E-state index >= 15 is 0 Å². The number of hydrogen-bond donors (Lipinski definition) is 2. The number of pyridine rings is 1. The number of carboxylic acid groups (broad SMARTS) is 1. The number of carbonyl (C=O) groups is 1. The number of aromatic amines is 1. The third kappa shape index (κ3) is 4.32. The first-order chi connectivity index (χ1) is 12.2. The van der Waals surface area contributed by atoms with Crippen LogP contribution < -0.4 is 10.5 Å². The normalized spacial score (nSPS) is 11.2. The lowest BCUT2D eigenvalue weighted by Gasteiger charge is -2.22.